The molecule has 6 nitrogen and oxygen atoms in total. The molecule has 8 heteroatoms. The van der Waals surface area contributed by atoms with Crippen molar-refractivity contribution in [3.8, 4) is 0 Å². The minimum atomic E-state index is -0.473. The second kappa shape index (κ2) is 6.07. The van der Waals surface area contributed by atoms with Gasteiger partial charge in [0.25, 0.3) is 5.69 Å². The fraction of sp³-hybridized carbons (Fsp3) is 0.273. The van der Waals surface area contributed by atoms with Crippen molar-refractivity contribution >= 4 is 38.8 Å². The van der Waals surface area contributed by atoms with E-state index in [1.54, 1.807) is 17.5 Å². The lowest BCUT2D eigenvalue weighted by molar-refractivity contribution is -0.385. The van der Waals surface area contributed by atoms with Crippen molar-refractivity contribution in [1.82, 2.24) is 9.97 Å². The first-order valence-corrected chi connectivity index (χ1v) is 7.25. The summed E-state index contributed by atoms with van der Waals surface area (Å²) in [6.45, 7) is 2.04. The fourth-order valence-corrected chi connectivity index (χ4v) is 2.77. The molecule has 0 fully saturated rings. The second-order valence-electron chi connectivity index (χ2n) is 3.76. The highest BCUT2D eigenvalue weighted by Crippen LogP contribution is 2.29. The molecule has 2 rings (SSSR count). The molecule has 1 unspecified atom stereocenters. The van der Waals surface area contributed by atoms with Gasteiger partial charge in [-0.2, -0.15) is 0 Å². The van der Waals surface area contributed by atoms with E-state index in [4.69, 9.17) is 0 Å². The normalized spacial score (nSPS) is 12.1. The predicted octanol–water partition coefficient (Wildman–Crippen LogP) is 3.77. The standard InChI is InChI=1S/C11H11BrN4O2S/c1-2-9(11-13-3-4-19-11)15-10-8(12)5-7(6-14-10)16(17)18/h3-6,9H,2H2,1H3,(H,14,15). The topological polar surface area (TPSA) is 81.0 Å². The van der Waals surface area contributed by atoms with E-state index in [1.807, 2.05) is 12.3 Å². The molecule has 0 bridgehead atoms. The third-order valence-corrected chi connectivity index (χ3v) is 4.00. The number of nitrogens with zero attached hydrogens (tertiary/aromatic N) is 3. The molecule has 1 atom stereocenters. The summed E-state index contributed by atoms with van der Waals surface area (Å²) in [6, 6.07) is 1.48. The fourth-order valence-electron chi connectivity index (χ4n) is 1.54. The van der Waals surface area contributed by atoms with E-state index in [9.17, 15) is 10.1 Å². The Labute approximate surface area is 122 Å². The van der Waals surface area contributed by atoms with Crippen molar-refractivity contribution < 1.29 is 4.92 Å². The SMILES string of the molecule is CCC(Nc1ncc([N+](=O)[O-])cc1Br)c1nccs1. The number of pyridine rings is 1. The summed E-state index contributed by atoms with van der Waals surface area (Å²) in [6.07, 6.45) is 3.84. The number of aromatic nitrogens is 2. The van der Waals surface area contributed by atoms with Crippen molar-refractivity contribution in [2.24, 2.45) is 0 Å². The molecule has 2 heterocycles. The van der Waals surface area contributed by atoms with Crippen LogP contribution >= 0.6 is 27.3 Å². The summed E-state index contributed by atoms with van der Waals surface area (Å²) < 4.78 is 0.566. The van der Waals surface area contributed by atoms with E-state index in [-0.39, 0.29) is 11.7 Å². The number of rotatable bonds is 5. The molecule has 0 spiro atoms. The maximum Gasteiger partial charge on any atom is 0.288 e. The lowest BCUT2D eigenvalue weighted by Crippen LogP contribution is -2.11. The Morgan fingerprint density at radius 2 is 2.37 bits per heavy atom. The lowest BCUT2D eigenvalue weighted by atomic mass is 10.2. The van der Waals surface area contributed by atoms with E-state index >= 15 is 0 Å². The highest BCUT2D eigenvalue weighted by molar-refractivity contribution is 9.10. The average molecular weight is 343 g/mol. The number of anilines is 1. The van der Waals surface area contributed by atoms with Crippen LogP contribution in [0.2, 0.25) is 0 Å². The highest BCUT2D eigenvalue weighted by atomic mass is 79.9. The van der Waals surface area contributed by atoms with Crippen LogP contribution in [0.1, 0.15) is 24.4 Å². The zero-order chi connectivity index (χ0) is 13.8. The van der Waals surface area contributed by atoms with Crippen molar-refractivity contribution in [3.63, 3.8) is 0 Å². The van der Waals surface area contributed by atoms with Crippen molar-refractivity contribution in [2.75, 3.05) is 5.32 Å². The average Bonchev–Trinajstić information content (AvgIpc) is 2.91. The van der Waals surface area contributed by atoms with Gasteiger partial charge in [-0.1, -0.05) is 6.92 Å². The maximum absolute atomic E-state index is 10.6. The largest absolute Gasteiger partial charge is 0.360 e. The van der Waals surface area contributed by atoms with E-state index < -0.39 is 4.92 Å². The summed E-state index contributed by atoms with van der Waals surface area (Å²) in [5.41, 5.74) is -0.0419. The Kier molecular flexibility index (Phi) is 4.43. The molecule has 0 aliphatic heterocycles. The number of thiazole rings is 1. The van der Waals surface area contributed by atoms with E-state index in [2.05, 4.69) is 31.2 Å². The van der Waals surface area contributed by atoms with Crippen molar-refractivity contribution in [1.29, 1.82) is 0 Å². The van der Waals surface area contributed by atoms with Gasteiger partial charge >= 0.3 is 0 Å². The van der Waals surface area contributed by atoms with Gasteiger partial charge in [-0.3, -0.25) is 10.1 Å². The molecule has 100 valence electrons. The van der Waals surface area contributed by atoms with Crippen LogP contribution in [0, 0.1) is 10.1 Å². The van der Waals surface area contributed by atoms with Gasteiger partial charge in [0.2, 0.25) is 0 Å². The third kappa shape index (κ3) is 3.27. The summed E-state index contributed by atoms with van der Waals surface area (Å²) in [5, 5.41) is 16.8. The van der Waals surface area contributed by atoms with E-state index in [0.29, 0.717) is 10.3 Å². The number of halogens is 1. The molecule has 0 aliphatic rings. The monoisotopic (exact) mass is 342 g/mol. The molecule has 0 radical (unpaired) electrons. The molecule has 0 saturated heterocycles. The zero-order valence-electron chi connectivity index (χ0n) is 10.0. The Bertz CT molecular complexity index is 576. The number of nitro groups is 1. The van der Waals surface area contributed by atoms with Crippen molar-refractivity contribution in [2.45, 2.75) is 19.4 Å². The van der Waals surface area contributed by atoms with Crippen molar-refractivity contribution in [3.05, 3.63) is 43.4 Å². The molecule has 0 aromatic carbocycles. The minimum Gasteiger partial charge on any atom is -0.360 e. The minimum absolute atomic E-state index is 0.0419. The quantitative estimate of drug-likeness (QED) is 0.660. The zero-order valence-corrected chi connectivity index (χ0v) is 12.4. The molecule has 1 N–H and O–H groups in total. The Morgan fingerprint density at radius 1 is 1.58 bits per heavy atom. The second-order valence-corrected chi connectivity index (χ2v) is 5.54. The van der Waals surface area contributed by atoms with Gasteiger partial charge in [-0.15, -0.1) is 11.3 Å². The van der Waals surface area contributed by atoms with Crippen LogP contribution in [0.25, 0.3) is 0 Å². The van der Waals surface area contributed by atoms with Gasteiger partial charge < -0.3 is 5.32 Å². The van der Waals surface area contributed by atoms with Crippen LogP contribution in [-0.4, -0.2) is 14.9 Å². The van der Waals surface area contributed by atoms with Crippen LogP contribution in [0.3, 0.4) is 0 Å². The molecular formula is C11H11BrN4O2S. The molecule has 2 aromatic heterocycles. The van der Waals surface area contributed by atoms with Gasteiger partial charge in [0.1, 0.15) is 17.0 Å². The van der Waals surface area contributed by atoms with E-state index in [0.717, 1.165) is 11.4 Å². The van der Waals surface area contributed by atoms with Gasteiger partial charge in [-0.05, 0) is 22.4 Å². The van der Waals surface area contributed by atoms with Crippen LogP contribution < -0.4 is 5.32 Å². The highest BCUT2D eigenvalue weighted by Gasteiger charge is 2.16. The van der Waals surface area contributed by atoms with Crippen LogP contribution in [0.15, 0.2) is 28.3 Å². The molecule has 0 aliphatic carbocycles. The van der Waals surface area contributed by atoms with Crippen LogP contribution in [0.5, 0.6) is 0 Å². The molecule has 19 heavy (non-hydrogen) atoms. The summed E-state index contributed by atoms with van der Waals surface area (Å²) in [4.78, 5) is 18.5. The Hall–Kier alpha value is -1.54. The number of hydrogen-bond donors (Lipinski definition) is 1. The summed E-state index contributed by atoms with van der Waals surface area (Å²) in [5.74, 6) is 0.577. The van der Waals surface area contributed by atoms with Crippen LogP contribution in [0.4, 0.5) is 11.5 Å². The van der Waals surface area contributed by atoms with Gasteiger partial charge in [-0.25, -0.2) is 9.97 Å². The smallest absolute Gasteiger partial charge is 0.288 e. The maximum atomic E-state index is 10.6. The summed E-state index contributed by atoms with van der Waals surface area (Å²) >= 11 is 4.85. The number of hydrogen-bond acceptors (Lipinski definition) is 6. The number of nitrogens with one attached hydrogen (secondary N) is 1. The Morgan fingerprint density at radius 3 is 2.89 bits per heavy atom. The first-order valence-electron chi connectivity index (χ1n) is 5.57. The van der Waals surface area contributed by atoms with E-state index in [1.165, 1.54) is 12.3 Å². The first kappa shape index (κ1) is 13.9. The first-order chi connectivity index (χ1) is 9.11. The predicted molar refractivity (Wildman–Crippen MR) is 77.4 cm³/mol. The van der Waals surface area contributed by atoms with Gasteiger partial charge in [0.05, 0.1) is 15.4 Å². The molecule has 0 amide bonds. The summed E-state index contributed by atoms with van der Waals surface area (Å²) in [7, 11) is 0. The molecular weight excluding hydrogens is 332 g/mol. The third-order valence-electron chi connectivity index (χ3n) is 2.51. The molecule has 2 aromatic rings. The Balaban J connectivity index is 2.21. The molecule has 0 saturated carbocycles. The van der Waals surface area contributed by atoms with Gasteiger partial charge in [0, 0.05) is 17.6 Å². The lowest BCUT2D eigenvalue weighted by Gasteiger charge is -2.15. The van der Waals surface area contributed by atoms with Crippen LogP contribution in [-0.2, 0) is 0 Å². The van der Waals surface area contributed by atoms with Gasteiger partial charge in [0.15, 0.2) is 0 Å².